The Balaban J connectivity index is 1.06. The van der Waals surface area contributed by atoms with Gasteiger partial charge < -0.3 is 5.32 Å². The van der Waals surface area contributed by atoms with Crippen molar-refractivity contribution >= 4 is 38.0 Å². The predicted molar refractivity (Wildman–Crippen MR) is 248 cm³/mol. The Hall–Kier alpha value is -6.44. The predicted octanol–water partition coefficient (Wildman–Crippen LogP) is 15.4. The van der Waals surface area contributed by atoms with E-state index in [1.165, 1.54) is 105 Å². The minimum atomic E-state index is -0.279. The summed E-state index contributed by atoms with van der Waals surface area (Å²) >= 11 is 0. The number of hydrogen-bond donors (Lipinski definition) is 1. The van der Waals surface area contributed by atoms with Gasteiger partial charge in [-0.05, 0) is 155 Å². The van der Waals surface area contributed by atoms with E-state index in [1.807, 2.05) is 0 Å². The number of fused-ring (bicyclic) bond motifs is 13. The third-order valence-electron chi connectivity index (χ3n) is 13.6. The van der Waals surface area contributed by atoms with Gasteiger partial charge in [-0.15, -0.1) is 0 Å². The summed E-state index contributed by atoms with van der Waals surface area (Å²) in [4.78, 5) is 0. The highest BCUT2D eigenvalue weighted by molar-refractivity contribution is 6.28. The molecule has 0 aromatic heterocycles. The van der Waals surface area contributed by atoms with Crippen LogP contribution in [0.15, 0.2) is 170 Å². The summed E-state index contributed by atoms with van der Waals surface area (Å²) in [5, 5.41) is 12.0. The fourth-order valence-electron chi connectivity index (χ4n) is 10.7. The van der Waals surface area contributed by atoms with Gasteiger partial charge in [-0.1, -0.05) is 161 Å². The quantitative estimate of drug-likeness (QED) is 0.173. The maximum atomic E-state index is 3.94. The molecule has 0 fully saturated rings. The van der Waals surface area contributed by atoms with Gasteiger partial charge in [0, 0.05) is 16.5 Å². The molecular formula is C57H47N. The summed E-state index contributed by atoms with van der Waals surface area (Å²) in [5.74, 6) is 0. The second kappa shape index (κ2) is 12.3. The summed E-state index contributed by atoms with van der Waals surface area (Å²) in [6, 6.07) is 63.4. The van der Waals surface area contributed by atoms with Crippen LogP contribution in [-0.4, -0.2) is 0 Å². The molecule has 11 rings (SSSR count). The number of rotatable bonds is 5. The summed E-state index contributed by atoms with van der Waals surface area (Å²) in [5.41, 5.74) is 17.9. The lowest BCUT2D eigenvalue weighted by atomic mass is 9.77. The summed E-state index contributed by atoms with van der Waals surface area (Å²) in [7, 11) is 0. The molecule has 0 spiro atoms. The Kier molecular flexibility index (Phi) is 7.36. The van der Waals surface area contributed by atoms with Crippen LogP contribution in [0.4, 0.5) is 5.69 Å². The molecule has 0 radical (unpaired) electrons. The second-order valence-electron chi connectivity index (χ2n) is 18.2. The molecule has 280 valence electrons. The van der Waals surface area contributed by atoms with E-state index in [9.17, 15) is 0 Å². The van der Waals surface area contributed by atoms with Crippen molar-refractivity contribution in [1.29, 1.82) is 0 Å². The average Bonchev–Trinajstić information content (AvgIpc) is 3.62. The van der Waals surface area contributed by atoms with E-state index in [2.05, 4.69) is 217 Å². The number of benzene rings is 9. The first-order chi connectivity index (χ1) is 28.0. The molecule has 9 aromatic carbocycles. The van der Waals surface area contributed by atoms with Gasteiger partial charge in [0.15, 0.2) is 0 Å². The van der Waals surface area contributed by atoms with Crippen molar-refractivity contribution in [3.8, 4) is 44.5 Å². The van der Waals surface area contributed by atoms with E-state index >= 15 is 0 Å². The van der Waals surface area contributed by atoms with Gasteiger partial charge in [0.2, 0.25) is 0 Å². The van der Waals surface area contributed by atoms with Crippen molar-refractivity contribution in [2.24, 2.45) is 0 Å². The van der Waals surface area contributed by atoms with Crippen molar-refractivity contribution in [3.05, 3.63) is 198 Å². The van der Waals surface area contributed by atoms with Crippen LogP contribution in [0.1, 0.15) is 69.4 Å². The molecule has 58 heavy (non-hydrogen) atoms. The fraction of sp³-hybridized carbons (Fsp3) is 0.158. The van der Waals surface area contributed by atoms with Crippen LogP contribution >= 0.6 is 0 Å². The standard InChI is InChI=1S/C57H47N/c1-55(2)49-31-39(58-57(5,6)38-23-17-22-37(30-38)35-18-9-7-10-19-35)28-29-41(49)46-33-51-47(34-50(46)55)53-44-27-16-15-26-43(44)52-42-25-14-13-24-40(42)45(36-20-11-8-12-21-36)32-48(52)54(53)56(51,3)4/h7-34,58H,1-6H3. The van der Waals surface area contributed by atoms with Crippen LogP contribution in [-0.2, 0) is 16.4 Å². The van der Waals surface area contributed by atoms with Crippen molar-refractivity contribution in [2.75, 3.05) is 5.32 Å². The first-order valence-corrected chi connectivity index (χ1v) is 20.8. The van der Waals surface area contributed by atoms with Crippen LogP contribution in [0, 0.1) is 0 Å². The van der Waals surface area contributed by atoms with Gasteiger partial charge in [-0.2, -0.15) is 0 Å². The van der Waals surface area contributed by atoms with Crippen LogP contribution in [0.3, 0.4) is 0 Å². The number of hydrogen-bond acceptors (Lipinski definition) is 1. The zero-order chi connectivity index (χ0) is 39.6. The first-order valence-electron chi connectivity index (χ1n) is 20.8. The third-order valence-corrected chi connectivity index (χ3v) is 13.6. The van der Waals surface area contributed by atoms with E-state index in [0.717, 1.165) is 5.69 Å². The van der Waals surface area contributed by atoms with E-state index in [4.69, 9.17) is 0 Å². The molecule has 0 heterocycles. The highest BCUT2D eigenvalue weighted by atomic mass is 15.0. The zero-order valence-corrected chi connectivity index (χ0v) is 34.2. The second-order valence-corrected chi connectivity index (χ2v) is 18.2. The lowest BCUT2D eigenvalue weighted by Crippen LogP contribution is -2.28. The fourth-order valence-corrected chi connectivity index (χ4v) is 10.7. The largest absolute Gasteiger partial charge is 0.376 e. The Bertz CT molecular complexity index is 3150. The SMILES string of the molecule is CC(C)(Nc1ccc2c(c1)C(C)(C)c1cc3c(cc1-2)C(C)(C)c1c-3c2ccccc2c2c1cc(-c1ccccc1)c1ccccc12)c1cccc(-c2ccccc2)c1. The lowest BCUT2D eigenvalue weighted by Gasteiger charge is -2.30. The van der Waals surface area contributed by atoms with Gasteiger partial charge in [-0.25, -0.2) is 0 Å². The Morgan fingerprint density at radius 3 is 1.69 bits per heavy atom. The van der Waals surface area contributed by atoms with Gasteiger partial charge in [0.05, 0.1) is 5.54 Å². The zero-order valence-electron chi connectivity index (χ0n) is 34.2. The van der Waals surface area contributed by atoms with Crippen molar-refractivity contribution in [3.63, 3.8) is 0 Å². The molecule has 0 atom stereocenters. The molecule has 0 amide bonds. The molecule has 0 aliphatic heterocycles. The highest BCUT2D eigenvalue weighted by Crippen LogP contribution is 2.60. The lowest BCUT2D eigenvalue weighted by molar-refractivity contribution is 0.608. The summed E-state index contributed by atoms with van der Waals surface area (Å²) < 4.78 is 0. The third kappa shape index (κ3) is 4.96. The Morgan fingerprint density at radius 1 is 0.397 bits per heavy atom. The molecule has 0 unspecified atom stereocenters. The van der Waals surface area contributed by atoms with Gasteiger partial charge in [-0.3, -0.25) is 0 Å². The molecule has 1 nitrogen and oxygen atoms in total. The van der Waals surface area contributed by atoms with E-state index in [-0.39, 0.29) is 16.4 Å². The normalized spacial score (nSPS) is 14.7. The average molecular weight is 746 g/mol. The molecule has 9 aromatic rings. The molecule has 2 aliphatic rings. The summed E-state index contributed by atoms with van der Waals surface area (Å²) in [6.07, 6.45) is 0. The molecule has 0 saturated heterocycles. The Labute approximate surface area is 342 Å². The van der Waals surface area contributed by atoms with Crippen molar-refractivity contribution < 1.29 is 0 Å². The smallest absolute Gasteiger partial charge is 0.0569 e. The highest BCUT2D eigenvalue weighted by Gasteiger charge is 2.43. The maximum Gasteiger partial charge on any atom is 0.0569 e. The topological polar surface area (TPSA) is 12.0 Å². The van der Waals surface area contributed by atoms with E-state index < -0.39 is 0 Å². The maximum absolute atomic E-state index is 3.94. The molecular weight excluding hydrogens is 699 g/mol. The molecule has 1 heteroatoms. The summed E-state index contributed by atoms with van der Waals surface area (Å²) in [6.45, 7) is 14.3. The monoisotopic (exact) mass is 745 g/mol. The molecule has 1 N–H and O–H groups in total. The van der Waals surface area contributed by atoms with Crippen LogP contribution in [0.25, 0.3) is 76.8 Å². The molecule has 2 aliphatic carbocycles. The van der Waals surface area contributed by atoms with Gasteiger partial charge >= 0.3 is 0 Å². The Morgan fingerprint density at radius 2 is 0.966 bits per heavy atom. The van der Waals surface area contributed by atoms with E-state index in [0.29, 0.717) is 0 Å². The van der Waals surface area contributed by atoms with Gasteiger partial charge in [0.1, 0.15) is 0 Å². The minimum Gasteiger partial charge on any atom is -0.376 e. The number of nitrogens with one attached hydrogen (secondary N) is 1. The van der Waals surface area contributed by atoms with Crippen LogP contribution in [0.2, 0.25) is 0 Å². The van der Waals surface area contributed by atoms with Crippen LogP contribution < -0.4 is 5.32 Å². The van der Waals surface area contributed by atoms with Crippen molar-refractivity contribution in [2.45, 2.75) is 57.9 Å². The van der Waals surface area contributed by atoms with Crippen LogP contribution in [0.5, 0.6) is 0 Å². The van der Waals surface area contributed by atoms with Gasteiger partial charge in [0.25, 0.3) is 0 Å². The van der Waals surface area contributed by atoms with Crippen molar-refractivity contribution in [1.82, 2.24) is 0 Å². The first kappa shape index (κ1) is 34.8. The molecule has 0 saturated carbocycles. The number of anilines is 1. The van der Waals surface area contributed by atoms with E-state index in [1.54, 1.807) is 0 Å². The minimum absolute atomic E-state index is 0.176. The molecule has 0 bridgehead atoms.